The molecule has 0 spiro atoms. The third-order valence-corrected chi connectivity index (χ3v) is 5.65. The van der Waals surface area contributed by atoms with Crippen LogP contribution >= 0.6 is 0 Å². The number of likely N-dealkylation sites (tertiary alicyclic amines) is 1. The predicted molar refractivity (Wildman–Crippen MR) is 121 cm³/mol. The van der Waals surface area contributed by atoms with Gasteiger partial charge in [-0.25, -0.2) is 14.2 Å². The number of benzene rings is 1. The monoisotopic (exact) mass is 414 g/mol. The first kappa shape index (κ1) is 19.5. The number of hydrogen-bond acceptors (Lipinski definition) is 5. The van der Waals surface area contributed by atoms with Gasteiger partial charge in [-0.15, -0.1) is 0 Å². The van der Waals surface area contributed by atoms with E-state index in [1.807, 2.05) is 41.0 Å². The molecule has 3 aromatic heterocycles. The summed E-state index contributed by atoms with van der Waals surface area (Å²) in [6, 6.07) is 14.2. The molecule has 5 rings (SSSR count). The minimum atomic E-state index is 0.668. The quantitative estimate of drug-likeness (QED) is 0.439. The van der Waals surface area contributed by atoms with Gasteiger partial charge in [-0.05, 0) is 55.8 Å². The molecule has 1 saturated heterocycles. The van der Waals surface area contributed by atoms with E-state index in [1.54, 1.807) is 17.1 Å². The van der Waals surface area contributed by atoms with Crippen LogP contribution < -0.4 is 4.74 Å². The Balaban J connectivity index is 1.27. The maximum Gasteiger partial charge on any atom is 0.156 e. The Morgan fingerprint density at radius 3 is 2.68 bits per heavy atom. The molecule has 4 heterocycles. The van der Waals surface area contributed by atoms with Crippen molar-refractivity contribution in [1.82, 2.24) is 29.3 Å². The molecule has 1 fully saturated rings. The molecular weight excluding hydrogens is 388 g/mol. The maximum absolute atomic E-state index is 5.91. The molecule has 158 valence electrons. The fourth-order valence-electron chi connectivity index (χ4n) is 4.00. The van der Waals surface area contributed by atoms with Crippen LogP contribution in [0.25, 0.3) is 23.1 Å². The lowest BCUT2D eigenvalue weighted by Crippen LogP contribution is -2.25. The summed E-state index contributed by atoms with van der Waals surface area (Å²) in [4.78, 5) is 7.16. The molecule has 7 heteroatoms. The van der Waals surface area contributed by atoms with E-state index in [2.05, 4.69) is 28.7 Å². The Kier molecular flexibility index (Phi) is 5.50. The fraction of sp³-hybridized carbons (Fsp3) is 0.292. The van der Waals surface area contributed by atoms with E-state index < -0.39 is 0 Å². The first-order valence-electron chi connectivity index (χ1n) is 10.7. The van der Waals surface area contributed by atoms with Crippen LogP contribution in [0.3, 0.4) is 0 Å². The second-order valence-electron chi connectivity index (χ2n) is 7.82. The highest BCUT2D eigenvalue weighted by molar-refractivity contribution is 5.61. The number of rotatable bonds is 8. The van der Waals surface area contributed by atoms with Crippen LogP contribution in [0.4, 0.5) is 0 Å². The Morgan fingerprint density at radius 2 is 1.90 bits per heavy atom. The topological polar surface area (TPSA) is 60.5 Å². The zero-order valence-electron chi connectivity index (χ0n) is 17.5. The van der Waals surface area contributed by atoms with Crippen molar-refractivity contribution in [2.24, 2.45) is 0 Å². The van der Waals surface area contributed by atoms with Gasteiger partial charge in [0.15, 0.2) is 11.5 Å². The van der Waals surface area contributed by atoms with Crippen LogP contribution in [-0.4, -0.2) is 55.5 Å². The van der Waals surface area contributed by atoms with Gasteiger partial charge in [-0.3, -0.25) is 4.90 Å². The number of nitrogens with zero attached hydrogens (tertiary/aromatic N) is 6. The molecule has 0 N–H and O–H groups in total. The van der Waals surface area contributed by atoms with E-state index in [0.29, 0.717) is 6.42 Å². The van der Waals surface area contributed by atoms with E-state index in [9.17, 15) is 0 Å². The molecule has 1 aromatic carbocycles. The molecule has 1 aliphatic rings. The van der Waals surface area contributed by atoms with E-state index in [-0.39, 0.29) is 0 Å². The Labute approximate surface area is 181 Å². The molecule has 7 nitrogen and oxygen atoms in total. The molecule has 31 heavy (non-hydrogen) atoms. The van der Waals surface area contributed by atoms with Gasteiger partial charge in [0.1, 0.15) is 12.4 Å². The summed E-state index contributed by atoms with van der Waals surface area (Å²) in [6.45, 7) is 7.88. The van der Waals surface area contributed by atoms with Crippen molar-refractivity contribution in [2.45, 2.75) is 19.3 Å². The largest absolute Gasteiger partial charge is 0.492 e. The van der Waals surface area contributed by atoms with Gasteiger partial charge in [0.25, 0.3) is 0 Å². The van der Waals surface area contributed by atoms with Gasteiger partial charge in [-0.1, -0.05) is 24.8 Å². The van der Waals surface area contributed by atoms with Crippen molar-refractivity contribution >= 4 is 11.8 Å². The lowest BCUT2D eigenvalue weighted by Gasteiger charge is -2.14. The number of hydrogen-bond donors (Lipinski definition) is 0. The summed E-state index contributed by atoms with van der Waals surface area (Å²) in [5.74, 6) is 1.69. The van der Waals surface area contributed by atoms with Gasteiger partial charge in [0.2, 0.25) is 0 Å². The molecular formula is C24H26N6O. The van der Waals surface area contributed by atoms with E-state index in [0.717, 1.165) is 47.2 Å². The molecule has 0 radical (unpaired) electrons. The van der Waals surface area contributed by atoms with Crippen molar-refractivity contribution in [1.29, 1.82) is 0 Å². The van der Waals surface area contributed by atoms with Gasteiger partial charge < -0.3 is 4.74 Å². The predicted octanol–water partition coefficient (Wildman–Crippen LogP) is 3.76. The summed E-state index contributed by atoms with van der Waals surface area (Å²) in [7, 11) is 0. The van der Waals surface area contributed by atoms with E-state index in [4.69, 9.17) is 14.8 Å². The Hall–Kier alpha value is -3.45. The molecule has 0 saturated carbocycles. The summed E-state index contributed by atoms with van der Waals surface area (Å²) >= 11 is 0. The lowest BCUT2D eigenvalue weighted by molar-refractivity contribution is 0.238. The highest BCUT2D eigenvalue weighted by Gasteiger charge is 2.12. The number of ether oxygens (including phenoxy) is 1. The van der Waals surface area contributed by atoms with E-state index >= 15 is 0 Å². The van der Waals surface area contributed by atoms with Crippen molar-refractivity contribution in [3.05, 3.63) is 72.8 Å². The zero-order chi connectivity index (χ0) is 21.0. The normalized spacial score (nSPS) is 14.3. The second kappa shape index (κ2) is 8.73. The Morgan fingerprint density at radius 1 is 1.06 bits per heavy atom. The van der Waals surface area contributed by atoms with Crippen LogP contribution in [0.5, 0.6) is 5.75 Å². The third-order valence-electron chi connectivity index (χ3n) is 5.65. The average molecular weight is 415 g/mol. The number of fused-ring (bicyclic) bond motifs is 1. The molecule has 0 bridgehead atoms. The molecule has 4 aromatic rings. The van der Waals surface area contributed by atoms with Crippen LogP contribution in [0.15, 0.2) is 61.4 Å². The lowest BCUT2D eigenvalue weighted by atomic mass is 10.1. The average Bonchev–Trinajstić information content (AvgIpc) is 3.55. The van der Waals surface area contributed by atoms with Gasteiger partial charge in [0, 0.05) is 30.9 Å². The van der Waals surface area contributed by atoms with Gasteiger partial charge in [0.05, 0.1) is 11.9 Å². The van der Waals surface area contributed by atoms with Crippen molar-refractivity contribution in [3.8, 4) is 17.0 Å². The van der Waals surface area contributed by atoms with E-state index in [1.165, 1.54) is 25.9 Å². The first-order valence-corrected chi connectivity index (χ1v) is 10.7. The summed E-state index contributed by atoms with van der Waals surface area (Å²) in [6.07, 6.45) is 8.68. The number of pyridine rings is 1. The summed E-state index contributed by atoms with van der Waals surface area (Å²) in [5, 5.41) is 9.01. The van der Waals surface area contributed by atoms with Crippen LogP contribution in [0, 0.1) is 0 Å². The minimum Gasteiger partial charge on any atom is -0.492 e. The molecule has 0 unspecified atom stereocenters. The van der Waals surface area contributed by atoms with Crippen molar-refractivity contribution in [3.63, 3.8) is 0 Å². The van der Waals surface area contributed by atoms with Crippen molar-refractivity contribution in [2.75, 3.05) is 26.2 Å². The summed E-state index contributed by atoms with van der Waals surface area (Å²) < 4.78 is 9.46. The SMILES string of the molecule is C=Cn1cc(-c2cccc3nc(Cc4ccc(OCCN5CCCC5)cc4)nn23)cn1. The van der Waals surface area contributed by atoms with Crippen molar-refractivity contribution < 1.29 is 4.74 Å². The van der Waals surface area contributed by atoms with Crippen LogP contribution in [0.1, 0.15) is 24.2 Å². The molecule has 1 aliphatic heterocycles. The first-order chi connectivity index (χ1) is 15.3. The minimum absolute atomic E-state index is 0.668. The van der Waals surface area contributed by atoms with Crippen LogP contribution in [0.2, 0.25) is 0 Å². The third kappa shape index (κ3) is 4.36. The molecule has 0 atom stereocenters. The highest BCUT2D eigenvalue weighted by Crippen LogP contribution is 2.21. The fourth-order valence-corrected chi connectivity index (χ4v) is 4.00. The highest BCUT2D eigenvalue weighted by atomic mass is 16.5. The second-order valence-corrected chi connectivity index (χ2v) is 7.82. The van der Waals surface area contributed by atoms with Gasteiger partial charge >= 0.3 is 0 Å². The van der Waals surface area contributed by atoms with Crippen LogP contribution in [-0.2, 0) is 6.42 Å². The van der Waals surface area contributed by atoms with Gasteiger partial charge in [-0.2, -0.15) is 10.2 Å². The summed E-state index contributed by atoms with van der Waals surface area (Å²) in [5.41, 5.74) is 3.90. The molecule has 0 aliphatic carbocycles. The smallest absolute Gasteiger partial charge is 0.156 e. The standard InChI is InChI=1S/C24H26N6O/c1-2-29-18-20(17-25-29)22-6-5-7-24-26-23(27-30(22)24)16-19-8-10-21(11-9-19)31-15-14-28-12-3-4-13-28/h2,5-11,17-18H,1,3-4,12-16H2. The maximum atomic E-state index is 5.91. The Bertz CT molecular complexity index is 1170. The zero-order valence-corrected chi connectivity index (χ0v) is 17.5. The number of aromatic nitrogens is 5. The molecule has 0 amide bonds.